The quantitative estimate of drug-likeness (QED) is 0.250. The predicted molar refractivity (Wildman–Crippen MR) is 102 cm³/mol. The molecule has 0 aliphatic carbocycles. The first-order chi connectivity index (χ1) is 12.6. The van der Waals surface area contributed by atoms with Crippen LogP contribution >= 0.6 is 11.8 Å². The van der Waals surface area contributed by atoms with E-state index in [1.165, 1.54) is 24.6 Å². The summed E-state index contributed by atoms with van der Waals surface area (Å²) in [5.74, 6) is -0.498. The lowest BCUT2D eigenvalue weighted by Gasteiger charge is -2.13. The summed E-state index contributed by atoms with van der Waals surface area (Å²) in [4.78, 5) is 14.4. The number of nitrogens with one attached hydrogen (secondary N) is 1. The van der Waals surface area contributed by atoms with E-state index < -0.39 is 17.2 Å². The molecule has 0 spiro atoms. The molecule has 0 unspecified atom stereocenters. The highest BCUT2D eigenvalue weighted by molar-refractivity contribution is 8.17. The van der Waals surface area contributed by atoms with Gasteiger partial charge in [0.15, 0.2) is 0 Å². The Hall–Kier alpha value is -2.23. The van der Waals surface area contributed by atoms with Crippen molar-refractivity contribution in [2.45, 2.75) is 46.9 Å². The fourth-order valence-corrected chi connectivity index (χ4v) is 2.10. The van der Waals surface area contributed by atoms with Crippen LogP contribution in [0.3, 0.4) is 0 Å². The van der Waals surface area contributed by atoms with Crippen LogP contribution in [-0.4, -0.2) is 23.1 Å². The van der Waals surface area contributed by atoms with Crippen molar-refractivity contribution in [2.24, 2.45) is 0 Å². The van der Waals surface area contributed by atoms with Crippen LogP contribution in [0.15, 0.2) is 35.7 Å². The number of nitrogens with zero attached hydrogens (tertiary/aromatic N) is 1. The normalized spacial score (nSPS) is 9.74. The van der Waals surface area contributed by atoms with Crippen LogP contribution in [-0.2, 0) is 4.84 Å². The first-order valence-electron chi connectivity index (χ1n) is 8.17. The third-order valence-corrected chi connectivity index (χ3v) is 3.10. The van der Waals surface area contributed by atoms with Crippen LogP contribution in [0.5, 0.6) is 5.75 Å². The van der Waals surface area contributed by atoms with E-state index in [-0.39, 0.29) is 23.6 Å². The van der Waals surface area contributed by atoms with Gasteiger partial charge < -0.3 is 9.57 Å². The van der Waals surface area contributed by atoms with Gasteiger partial charge in [-0.3, -0.25) is 5.41 Å². The lowest BCUT2D eigenvalue weighted by Crippen LogP contribution is -2.18. The number of ether oxygens (including phenoxy) is 1. The average molecular weight is 410 g/mol. The number of para-hydroxylation sites is 1. The zero-order valence-electron chi connectivity index (χ0n) is 15.8. The highest BCUT2D eigenvalue weighted by Crippen LogP contribution is 2.31. The van der Waals surface area contributed by atoms with Gasteiger partial charge in [-0.1, -0.05) is 64.6 Å². The van der Waals surface area contributed by atoms with Gasteiger partial charge in [0.2, 0.25) is 0 Å². The molecule has 0 fully saturated rings. The minimum atomic E-state index is -4.86. The highest BCUT2D eigenvalue weighted by Gasteiger charge is 2.32. The Kier molecular flexibility index (Phi) is 14.9. The summed E-state index contributed by atoms with van der Waals surface area (Å²) in [5, 5.41) is 16.6. The predicted octanol–water partition coefficient (Wildman–Crippen LogP) is 6.20. The zero-order valence-corrected chi connectivity index (χ0v) is 16.6. The van der Waals surface area contributed by atoms with E-state index in [4.69, 9.17) is 5.41 Å². The number of hydrogen-bond acceptors (Lipinski definition) is 6. The smallest absolute Gasteiger partial charge is 0.405 e. The van der Waals surface area contributed by atoms with Gasteiger partial charge in [-0.25, -0.2) is 0 Å². The summed E-state index contributed by atoms with van der Waals surface area (Å²) in [6, 6.07) is 5.21. The van der Waals surface area contributed by atoms with Crippen molar-refractivity contribution in [2.75, 3.05) is 6.61 Å². The fourth-order valence-electron chi connectivity index (χ4n) is 1.35. The summed E-state index contributed by atoms with van der Waals surface area (Å²) in [6.45, 7) is 11.6. The minimum Gasteiger partial charge on any atom is -0.405 e. The molecule has 0 heterocycles. The molecule has 0 aliphatic rings. The van der Waals surface area contributed by atoms with Gasteiger partial charge >= 0.3 is 6.36 Å². The van der Waals surface area contributed by atoms with E-state index >= 15 is 0 Å². The van der Waals surface area contributed by atoms with Crippen molar-refractivity contribution < 1.29 is 27.8 Å². The molecule has 6 nitrogen and oxygen atoms in total. The largest absolute Gasteiger partial charge is 0.573 e. The Balaban J connectivity index is 0. The Morgan fingerprint density at radius 2 is 1.81 bits per heavy atom. The van der Waals surface area contributed by atoms with E-state index in [0.717, 1.165) is 17.8 Å². The molecule has 1 rings (SSSR count). The number of halogens is 3. The van der Waals surface area contributed by atoms with Crippen molar-refractivity contribution in [3.8, 4) is 5.75 Å². The van der Waals surface area contributed by atoms with Gasteiger partial charge in [-0.05, 0) is 17.0 Å². The Morgan fingerprint density at radius 1 is 1.30 bits per heavy atom. The minimum absolute atomic E-state index is 0.0545. The van der Waals surface area contributed by atoms with Crippen LogP contribution in [0, 0.1) is 15.5 Å². The van der Waals surface area contributed by atoms with E-state index in [0.29, 0.717) is 4.91 Å². The maximum absolute atomic E-state index is 12.3. The standard InChI is InChI=1S/C12H11F3N2O4S.C3H8.C2H6/c1-8(6-7-20-17(18)19)22-11(16)9-4-2-3-5-10(9)21-12(13,14)15;1-3-2;1-2/h2-5,16H,1,6-7H2;3H2,1-2H3;1-2H3. The SMILES string of the molecule is C=C(CCO[N+](=O)[O-])SC(=N)c1ccccc1OC(F)(F)F.CC.CCC. The van der Waals surface area contributed by atoms with Crippen molar-refractivity contribution in [1.29, 1.82) is 5.41 Å². The van der Waals surface area contributed by atoms with Crippen molar-refractivity contribution in [3.63, 3.8) is 0 Å². The average Bonchev–Trinajstić information content (AvgIpc) is 2.56. The van der Waals surface area contributed by atoms with Gasteiger partial charge in [-0.2, -0.15) is 0 Å². The molecule has 0 aromatic heterocycles. The summed E-state index contributed by atoms with van der Waals surface area (Å²) in [6.07, 6.45) is -3.53. The van der Waals surface area contributed by atoms with Crippen LogP contribution in [0.4, 0.5) is 13.2 Å². The van der Waals surface area contributed by atoms with E-state index in [9.17, 15) is 23.3 Å². The molecule has 27 heavy (non-hydrogen) atoms. The van der Waals surface area contributed by atoms with E-state index in [1.807, 2.05) is 13.8 Å². The first kappa shape index (κ1) is 27.0. The molecule has 1 aromatic carbocycles. The maximum atomic E-state index is 12.3. The molecular weight excluding hydrogens is 385 g/mol. The molecule has 1 N–H and O–H groups in total. The summed E-state index contributed by atoms with van der Waals surface area (Å²) in [5.41, 5.74) is -0.0545. The van der Waals surface area contributed by atoms with Gasteiger partial charge in [0.1, 0.15) is 17.4 Å². The Labute approximate surface area is 161 Å². The van der Waals surface area contributed by atoms with Gasteiger partial charge in [-0.15, -0.1) is 23.3 Å². The molecular formula is C17H25F3N2O4S. The van der Waals surface area contributed by atoms with Crippen LogP contribution < -0.4 is 4.74 Å². The third-order valence-electron chi connectivity index (χ3n) is 2.18. The third kappa shape index (κ3) is 14.6. The topological polar surface area (TPSA) is 85.5 Å². The molecule has 154 valence electrons. The van der Waals surface area contributed by atoms with Crippen molar-refractivity contribution in [3.05, 3.63) is 51.4 Å². The molecule has 1 aromatic rings. The van der Waals surface area contributed by atoms with Crippen LogP contribution in [0.25, 0.3) is 0 Å². The van der Waals surface area contributed by atoms with Crippen LogP contribution in [0.1, 0.15) is 46.1 Å². The molecule has 10 heteroatoms. The molecule has 0 radical (unpaired) electrons. The molecule has 0 atom stereocenters. The Morgan fingerprint density at radius 3 is 2.30 bits per heavy atom. The number of benzene rings is 1. The summed E-state index contributed by atoms with van der Waals surface area (Å²) < 4.78 is 40.7. The Bertz CT molecular complexity index is 596. The molecule has 0 saturated carbocycles. The summed E-state index contributed by atoms with van der Waals surface area (Å²) in [7, 11) is 0. The molecule has 0 aliphatic heterocycles. The molecule has 0 bridgehead atoms. The van der Waals surface area contributed by atoms with Crippen molar-refractivity contribution >= 4 is 16.8 Å². The second kappa shape index (κ2) is 14.9. The fraction of sp³-hybridized carbons (Fsp3) is 0.471. The number of thioether (sulfide) groups is 1. The lowest BCUT2D eigenvalue weighted by molar-refractivity contribution is -0.757. The van der Waals surface area contributed by atoms with E-state index in [1.54, 1.807) is 0 Å². The van der Waals surface area contributed by atoms with Crippen LogP contribution in [0.2, 0.25) is 0 Å². The van der Waals surface area contributed by atoms with Gasteiger partial charge in [0, 0.05) is 12.0 Å². The number of alkyl halides is 3. The zero-order chi connectivity index (χ0) is 21.5. The van der Waals surface area contributed by atoms with Gasteiger partial charge in [0.25, 0.3) is 5.09 Å². The van der Waals surface area contributed by atoms with E-state index in [2.05, 4.69) is 30.0 Å². The van der Waals surface area contributed by atoms with Gasteiger partial charge in [0.05, 0.1) is 0 Å². The monoisotopic (exact) mass is 410 g/mol. The molecule has 0 amide bonds. The lowest BCUT2D eigenvalue weighted by atomic mass is 10.2. The van der Waals surface area contributed by atoms with Crippen molar-refractivity contribution in [1.82, 2.24) is 0 Å². The number of rotatable bonds is 7. The second-order valence-corrected chi connectivity index (χ2v) is 5.72. The number of hydrogen-bond donors (Lipinski definition) is 1. The maximum Gasteiger partial charge on any atom is 0.573 e. The second-order valence-electron chi connectivity index (χ2n) is 4.53. The molecule has 0 saturated heterocycles. The first-order valence-corrected chi connectivity index (χ1v) is 8.99. The highest BCUT2D eigenvalue weighted by atomic mass is 32.2. The summed E-state index contributed by atoms with van der Waals surface area (Å²) >= 11 is 0.783.